The van der Waals surface area contributed by atoms with Gasteiger partial charge in [0.1, 0.15) is 0 Å². The largest absolute Gasteiger partial charge is 0.381 e. The van der Waals surface area contributed by atoms with Crippen molar-refractivity contribution >= 4 is 17.6 Å². The van der Waals surface area contributed by atoms with Crippen LogP contribution in [0.25, 0.3) is 0 Å². The number of hydrogen-bond acceptors (Lipinski definition) is 4. The first kappa shape index (κ1) is 18.7. The number of carbonyl (C=O) groups excluding carboxylic acids is 2. The highest BCUT2D eigenvalue weighted by Gasteiger charge is 2.22. The SMILES string of the molecule is CN(C(=O)Nc1ccc(C(=O)NC[C@H]2CCCO2)cc1)C1CCOCC1. The number of carbonyl (C=O) groups is 2. The first-order chi connectivity index (χ1) is 12.6. The number of nitrogens with one attached hydrogen (secondary N) is 2. The lowest BCUT2D eigenvalue weighted by Gasteiger charge is -2.31. The summed E-state index contributed by atoms with van der Waals surface area (Å²) in [5, 5.41) is 5.77. The number of amides is 3. The molecule has 3 amide bonds. The molecular formula is C19H27N3O4. The molecule has 2 heterocycles. The molecule has 0 radical (unpaired) electrons. The molecule has 1 aromatic rings. The molecule has 0 unspecified atom stereocenters. The van der Waals surface area contributed by atoms with Crippen LogP contribution in [0.15, 0.2) is 24.3 Å². The van der Waals surface area contributed by atoms with Crippen molar-refractivity contribution in [1.29, 1.82) is 0 Å². The van der Waals surface area contributed by atoms with E-state index in [9.17, 15) is 9.59 Å². The molecule has 0 bridgehead atoms. The van der Waals surface area contributed by atoms with Gasteiger partial charge < -0.3 is 25.0 Å². The fourth-order valence-electron chi connectivity index (χ4n) is 3.27. The first-order valence-electron chi connectivity index (χ1n) is 9.25. The molecule has 0 aromatic heterocycles. The zero-order valence-electron chi connectivity index (χ0n) is 15.2. The zero-order valence-corrected chi connectivity index (χ0v) is 15.2. The van der Waals surface area contributed by atoms with Crippen LogP contribution in [0.1, 0.15) is 36.0 Å². The van der Waals surface area contributed by atoms with Gasteiger partial charge >= 0.3 is 6.03 Å². The molecule has 2 N–H and O–H groups in total. The number of hydrogen-bond donors (Lipinski definition) is 2. The van der Waals surface area contributed by atoms with Gasteiger partial charge in [0.2, 0.25) is 0 Å². The monoisotopic (exact) mass is 361 g/mol. The highest BCUT2D eigenvalue weighted by atomic mass is 16.5. The number of benzene rings is 1. The minimum Gasteiger partial charge on any atom is -0.381 e. The second-order valence-electron chi connectivity index (χ2n) is 6.81. The quantitative estimate of drug-likeness (QED) is 0.843. The summed E-state index contributed by atoms with van der Waals surface area (Å²) in [6, 6.07) is 6.98. The van der Waals surface area contributed by atoms with Crippen molar-refractivity contribution in [3.8, 4) is 0 Å². The number of ether oxygens (including phenoxy) is 2. The average Bonchev–Trinajstić information content (AvgIpc) is 3.20. The van der Waals surface area contributed by atoms with Crippen molar-refractivity contribution in [2.75, 3.05) is 38.7 Å². The maximum absolute atomic E-state index is 12.4. The Morgan fingerprint density at radius 1 is 1.12 bits per heavy atom. The summed E-state index contributed by atoms with van der Waals surface area (Å²) < 4.78 is 10.8. The Morgan fingerprint density at radius 2 is 1.85 bits per heavy atom. The van der Waals surface area contributed by atoms with Gasteiger partial charge in [-0.2, -0.15) is 0 Å². The second-order valence-corrected chi connectivity index (χ2v) is 6.81. The molecule has 1 aromatic carbocycles. The summed E-state index contributed by atoms with van der Waals surface area (Å²) in [6.07, 6.45) is 3.88. The molecular weight excluding hydrogens is 334 g/mol. The summed E-state index contributed by atoms with van der Waals surface area (Å²) in [5.41, 5.74) is 1.24. The first-order valence-corrected chi connectivity index (χ1v) is 9.25. The van der Waals surface area contributed by atoms with Crippen LogP contribution in [-0.2, 0) is 9.47 Å². The van der Waals surface area contributed by atoms with Crippen molar-refractivity contribution in [1.82, 2.24) is 10.2 Å². The maximum atomic E-state index is 12.4. The van der Waals surface area contributed by atoms with Gasteiger partial charge in [-0.1, -0.05) is 0 Å². The molecule has 0 aliphatic carbocycles. The molecule has 3 rings (SSSR count). The number of anilines is 1. The van der Waals surface area contributed by atoms with Gasteiger partial charge in [-0.05, 0) is 49.9 Å². The summed E-state index contributed by atoms with van der Waals surface area (Å²) in [5.74, 6) is -0.127. The van der Waals surface area contributed by atoms with Crippen LogP contribution in [-0.4, -0.2) is 62.4 Å². The molecule has 2 aliphatic heterocycles. The number of urea groups is 1. The Bertz CT molecular complexity index is 608. The molecule has 142 valence electrons. The lowest BCUT2D eigenvalue weighted by molar-refractivity contribution is 0.0544. The minimum absolute atomic E-state index is 0.123. The summed E-state index contributed by atoms with van der Waals surface area (Å²) in [7, 11) is 1.80. The average molecular weight is 361 g/mol. The molecule has 7 heteroatoms. The molecule has 2 aliphatic rings. The van der Waals surface area contributed by atoms with Crippen molar-refractivity contribution in [2.24, 2.45) is 0 Å². The van der Waals surface area contributed by atoms with Crippen LogP contribution in [0.2, 0.25) is 0 Å². The van der Waals surface area contributed by atoms with Crippen LogP contribution >= 0.6 is 0 Å². The number of nitrogens with zero attached hydrogens (tertiary/aromatic N) is 1. The van der Waals surface area contributed by atoms with Crippen molar-refractivity contribution in [3.05, 3.63) is 29.8 Å². The Hall–Kier alpha value is -2.12. The van der Waals surface area contributed by atoms with E-state index < -0.39 is 0 Å². The summed E-state index contributed by atoms with van der Waals surface area (Å²) >= 11 is 0. The zero-order chi connectivity index (χ0) is 18.4. The highest BCUT2D eigenvalue weighted by Crippen LogP contribution is 2.16. The Morgan fingerprint density at radius 3 is 2.50 bits per heavy atom. The van der Waals surface area contributed by atoms with E-state index in [1.54, 1.807) is 36.2 Å². The smallest absolute Gasteiger partial charge is 0.321 e. The molecule has 1 atom stereocenters. The van der Waals surface area contributed by atoms with Crippen molar-refractivity contribution < 1.29 is 19.1 Å². The molecule has 0 saturated carbocycles. The molecule has 7 nitrogen and oxygen atoms in total. The third-order valence-corrected chi connectivity index (χ3v) is 4.97. The number of rotatable bonds is 5. The maximum Gasteiger partial charge on any atom is 0.321 e. The molecule has 0 spiro atoms. The Balaban J connectivity index is 1.48. The normalized spacial score (nSPS) is 20.6. The van der Waals surface area contributed by atoms with E-state index in [1.165, 1.54) is 0 Å². The third kappa shape index (κ3) is 4.95. The van der Waals surface area contributed by atoms with Crippen molar-refractivity contribution in [3.63, 3.8) is 0 Å². The van der Waals surface area contributed by atoms with Gasteiger partial charge in [0.25, 0.3) is 5.91 Å². The summed E-state index contributed by atoms with van der Waals surface area (Å²) in [6.45, 7) is 2.69. The van der Waals surface area contributed by atoms with Crippen molar-refractivity contribution in [2.45, 2.75) is 37.8 Å². The van der Waals surface area contributed by atoms with E-state index in [4.69, 9.17) is 9.47 Å². The van der Waals surface area contributed by atoms with Crippen LogP contribution in [0.5, 0.6) is 0 Å². The van der Waals surface area contributed by atoms with E-state index in [0.717, 1.165) is 32.3 Å². The predicted octanol–water partition coefficient (Wildman–Crippen LogP) is 2.24. The fraction of sp³-hybridized carbons (Fsp3) is 0.579. The molecule has 2 fully saturated rings. The van der Waals surface area contributed by atoms with Gasteiger partial charge in [0, 0.05) is 50.7 Å². The van der Waals surface area contributed by atoms with Crippen LogP contribution in [0.3, 0.4) is 0 Å². The topological polar surface area (TPSA) is 79.9 Å². The van der Waals surface area contributed by atoms with E-state index >= 15 is 0 Å². The summed E-state index contributed by atoms with van der Waals surface area (Å²) in [4.78, 5) is 26.3. The van der Waals surface area contributed by atoms with E-state index in [2.05, 4.69) is 10.6 Å². The minimum atomic E-state index is -0.146. The highest BCUT2D eigenvalue weighted by molar-refractivity contribution is 5.95. The fourth-order valence-corrected chi connectivity index (χ4v) is 3.27. The lowest BCUT2D eigenvalue weighted by Crippen LogP contribution is -2.42. The second kappa shape index (κ2) is 9.00. The van der Waals surface area contributed by atoms with Gasteiger partial charge in [0.15, 0.2) is 0 Å². The van der Waals surface area contributed by atoms with E-state index in [1.807, 2.05) is 0 Å². The molecule has 2 saturated heterocycles. The third-order valence-electron chi connectivity index (χ3n) is 4.97. The predicted molar refractivity (Wildman–Crippen MR) is 98.4 cm³/mol. The van der Waals surface area contributed by atoms with Gasteiger partial charge in [-0.3, -0.25) is 4.79 Å². The standard InChI is InChI=1S/C19H27N3O4/c1-22(16-8-11-25-12-9-16)19(24)21-15-6-4-14(5-7-15)18(23)20-13-17-3-2-10-26-17/h4-7,16-17H,2-3,8-13H2,1H3,(H,20,23)(H,21,24)/t17-/m1/s1. The van der Waals surface area contributed by atoms with Gasteiger partial charge in [-0.15, -0.1) is 0 Å². The Kier molecular flexibility index (Phi) is 6.46. The molecule has 26 heavy (non-hydrogen) atoms. The van der Waals surface area contributed by atoms with Crippen LogP contribution in [0, 0.1) is 0 Å². The van der Waals surface area contributed by atoms with Gasteiger partial charge in [0.05, 0.1) is 6.10 Å². The van der Waals surface area contributed by atoms with E-state index in [0.29, 0.717) is 31.0 Å². The lowest BCUT2D eigenvalue weighted by atomic mass is 10.1. The van der Waals surface area contributed by atoms with E-state index in [-0.39, 0.29) is 24.1 Å². The Labute approximate surface area is 154 Å². The van der Waals surface area contributed by atoms with Crippen LogP contribution in [0.4, 0.5) is 10.5 Å². The van der Waals surface area contributed by atoms with Gasteiger partial charge in [-0.25, -0.2) is 4.79 Å². The van der Waals surface area contributed by atoms with Crippen LogP contribution < -0.4 is 10.6 Å².